The molecule has 16 heavy (non-hydrogen) atoms. The summed E-state index contributed by atoms with van der Waals surface area (Å²) < 4.78 is 1.95. The highest BCUT2D eigenvalue weighted by atomic mass is 32.2. The lowest BCUT2D eigenvalue weighted by molar-refractivity contribution is 0.442. The van der Waals surface area contributed by atoms with Crippen molar-refractivity contribution in [3.05, 3.63) is 5.82 Å². The topological polar surface area (TPSA) is 55.6 Å². The van der Waals surface area contributed by atoms with Crippen LogP contribution in [-0.4, -0.2) is 38.3 Å². The summed E-state index contributed by atoms with van der Waals surface area (Å²) in [5.41, 5.74) is 0. The van der Waals surface area contributed by atoms with E-state index in [2.05, 4.69) is 34.0 Å². The number of thioether (sulfide) groups is 1. The minimum absolute atomic E-state index is 0.387. The van der Waals surface area contributed by atoms with Crippen LogP contribution < -0.4 is 5.32 Å². The maximum absolute atomic E-state index is 4.08. The summed E-state index contributed by atoms with van der Waals surface area (Å²) in [6.45, 7) is 2.97. The van der Waals surface area contributed by atoms with E-state index in [4.69, 9.17) is 0 Å². The molecule has 0 saturated heterocycles. The van der Waals surface area contributed by atoms with Gasteiger partial charge in [-0.3, -0.25) is 0 Å². The molecule has 0 radical (unpaired) electrons. The monoisotopic (exact) mass is 241 g/mol. The summed E-state index contributed by atoms with van der Waals surface area (Å²) in [5.74, 6) is 2.11. The Morgan fingerprint density at radius 1 is 1.56 bits per heavy atom. The van der Waals surface area contributed by atoms with Gasteiger partial charge >= 0.3 is 0 Å². The molecule has 2 rings (SSSR count). The van der Waals surface area contributed by atoms with Gasteiger partial charge in [-0.15, -0.1) is 5.10 Å². The molecular weight excluding hydrogens is 222 g/mol. The fraction of sp³-hybridized carbons (Fsp3) is 0.900. The zero-order valence-electron chi connectivity index (χ0n) is 9.89. The average Bonchev–Trinajstić information content (AvgIpc) is 3.00. The second kappa shape index (κ2) is 5.63. The summed E-state index contributed by atoms with van der Waals surface area (Å²) in [4.78, 5) is 0. The molecule has 90 valence electrons. The smallest absolute Gasteiger partial charge is 0.165 e. The van der Waals surface area contributed by atoms with Crippen LogP contribution in [0.15, 0.2) is 0 Å². The number of nitrogens with one attached hydrogen (secondary N) is 1. The lowest BCUT2D eigenvalue weighted by atomic mass is 10.2. The molecular formula is C10H19N5S. The molecule has 0 bridgehead atoms. The molecule has 0 aliphatic heterocycles. The Morgan fingerprint density at radius 2 is 2.38 bits per heavy atom. The Kier molecular flexibility index (Phi) is 4.17. The standard InChI is InChI=1S/C10H19N5S/c1-8(5-6-16-2)15-10(12-13-14-15)7-11-9-3-4-9/h8-9,11H,3-7H2,1-2H3. The molecule has 0 aromatic carbocycles. The maximum Gasteiger partial charge on any atom is 0.165 e. The molecule has 1 aliphatic rings. The molecule has 1 unspecified atom stereocenters. The van der Waals surface area contributed by atoms with E-state index < -0.39 is 0 Å². The van der Waals surface area contributed by atoms with E-state index in [0.29, 0.717) is 12.1 Å². The molecule has 1 aromatic heterocycles. The zero-order chi connectivity index (χ0) is 11.4. The van der Waals surface area contributed by atoms with Gasteiger partial charge in [0.2, 0.25) is 0 Å². The van der Waals surface area contributed by atoms with Gasteiger partial charge < -0.3 is 5.32 Å². The van der Waals surface area contributed by atoms with E-state index in [9.17, 15) is 0 Å². The number of tetrazole rings is 1. The highest BCUT2D eigenvalue weighted by Crippen LogP contribution is 2.19. The Bertz CT molecular complexity index is 323. The minimum Gasteiger partial charge on any atom is -0.307 e. The molecule has 1 heterocycles. The van der Waals surface area contributed by atoms with E-state index in [1.807, 2.05) is 16.4 Å². The molecule has 1 aliphatic carbocycles. The van der Waals surface area contributed by atoms with Crippen molar-refractivity contribution in [2.75, 3.05) is 12.0 Å². The lowest BCUT2D eigenvalue weighted by Crippen LogP contribution is -2.21. The van der Waals surface area contributed by atoms with Crippen LogP contribution in [0.3, 0.4) is 0 Å². The van der Waals surface area contributed by atoms with E-state index in [1.54, 1.807) is 0 Å². The summed E-state index contributed by atoms with van der Waals surface area (Å²) in [7, 11) is 0. The van der Waals surface area contributed by atoms with Crippen LogP contribution in [0.1, 0.15) is 38.1 Å². The predicted molar refractivity (Wildman–Crippen MR) is 65.4 cm³/mol. The molecule has 6 heteroatoms. The number of aromatic nitrogens is 4. The summed E-state index contributed by atoms with van der Waals surface area (Å²) in [5, 5.41) is 15.4. The third-order valence-corrected chi connectivity index (χ3v) is 3.49. The van der Waals surface area contributed by atoms with Crippen molar-refractivity contribution >= 4 is 11.8 Å². The van der Waals surface area contributed by atoms with Crippen molar-refractivity contribution in [3.8, 4) is 0 Å². The second-order valence-corrected chi connectivity index (χ2v) is 5.31. The molecule has 5 nitrogen and oxygen atoms in total. The van der Waals surface area contributed by atoms with Gasteiger partial charge in [0, 0.05) is 6.04 Å². The molecule has 0 spiro atoms. The quantitative estimate of drug-likeness (QED) is 0.778. The van der Waals surface area contributed by atoms with Crippen molar-refractivity contribution in [1.82, 2.24) is 25.5 Å². The predicted octanol–water partition coefficient (Wildman–Crippen LogP) is 1.24. The van der Waals surface area contributed by atoms with Crippen molar-refractivity contribution in [1.29, 1.82) is 0 Å². The first kappa shape index (κ1) is 11.9. The Balaban J connectivity index is 1.88. The molecule has 1 fully saturated rings. The first-order chi connectivity index (χ1) is 7.81. The summed E-state index contributed by atoms with van der Waals surface area (Å²) >= 11 is 1.86. The number of nitrogens with zero attached hydrogens (tertiary/aromatic N) is 4. The Morgan fingerprint density at radius 3 is 3.06 bits per heavy atom. The number of rotatable bonds is 7. The van der Waals surface area contributed by atoms with Gasteiger partial charge in [-0.25, -0.2) is 4.68 Å². The SMILES string of the molecule is CSCCC(C)n1nnnc1CNC1CC1. The van der Waals surface area contributed by atoms with Gasteiger partial charge in [0.1, 0.15) is 0 Å². The first-order valence-electron chi connectivity index (χ1n) is 5.80. The third kappa shape index (κ3) is 3.18. The van der Waals surface area contributed by atoms with E-state index in [-0.39, 0.29) is 0 Å². The fourth-order valence-corrected chi connectivity index (χ4v) is 2.18. The van der Waals surface area contributed by atoms with Gasteiger partial charge in [-0.05, 0) is 48.6 Å². The molecule has 0 amide bonds. The molecule has 1 N–H and O–H groups in total. The Labute approximate surface area is 100 Å². The van der Waals surface area contributed by atoms with Crippen molar-refractivity contribution in [3.63, 3.8) is 0 Å². The van der Waals surface area contributed by atoms with Crippen LogP contribution >= 0.6 is 11.8 Å². The van der Waals surface area contributed by atoms with Crippen molar-refractivity contribution < 1.29 is 0 Å². The van der Waals surface area contributed by atoms with E-state index >= 15 is 0 Å². The largest absolute Gasteiger partial charge is 0.307 e. The number of hydrogen-bond donors (Lipinski definition) is 1. The maximum atomic E-state index is 4.08. The summed E-state index contributed by atoms with van der Waals surface area (Å²) in [6, 6.07) is 1.09. The lowest BCUT2D eigenvalue weighted by Gasteiger charge is -2.12. The van der Waals surface area contributed by atoms with Crippen LogP contribution in [0.2, 0.25) is 0 Å². The van der Waals surface area contributed by atoms with Crippen LogP contribution in [0.4, 0.5) is 0 Å². The van der Waals surface area contributed by atoms with Crippen LogP contribution in [0.25, 0.3) is 0 Å². The van der Waals surface area contributed by atoms with Crippen LogP contribution in [-0.2, 0) is 6.54 Å². The first-order valence-corrected chi connectivity index (χ1v) is 7.19. The van der Waals surface area contributed by atoms with Gasteiger partial charge in [0.25, 0.3) is 0 Å². The van der Waals surface area contributed by atoms with Crippen LogP contribution in [0, 0.1) is 0 Å². The highest BCUT2D eigenvalue weighted by molar-refractivity contribution is 7.98. The normalized spacial score (nSPS) is 17.6. The average molecular weight is 241 g/mol. The molecule has 1 atom stereocenters. The van der Waals surface area contributed by atoms with Gasteiger partial charge in [-0.1, -0.05) is 0 Å². The van der Waals surface area contributed by atoms with E-state index in [1.165, 1.54) is 12.8 Å². The second-order valence-electron chi connectivity index (χ2n) is 4.33. The minimum atomic E-state index is 0.387. The van der Waals surface area contributed by atoms with Gasteiger partial charge in [0.05, 0.1) is 12.6 Å². The van der Waals surface area contributed by atoms with Gasteiger partial charge in [-0.2, -0.15) is 11.8 Å². The van der Waals surface area contributed by atoms with E-state index in [0.717, 1.165) is 24.5 Å². The summed E-state index contributed by atoms with van der Waals surface area (Å²) in [6.07, 6.45) is 5.83. The number of hydrogen-bond acceptors (Lipinski definition) is 5. The van der Waals surface area contributed by atoms with Crippen LogP contribution in [0.5, 0.6) is 0 Å². The third-order valence-electron chi connectivity index (χ3n) is 2.84. The van der Waals surface area contributed by atoms with Gasteiger partial charge in [0.15, 0.2) is 5.82 Å². The zero-order valence-corrected chi connectivity index (χ0v) is 10.7. The molecule has 1 saturated carbocycles. The molecule has 1 aromatic rings. The van der Waals surface area contributed by atoms with Crippen molar-refractivity contribution in [2.45, 2.75) is 44.8 Å². The highest BCUT2D eigenvalue weighted by Gasteiger charge is 2.21. The fourth-order valence-electron chi connectivity index (χ4n) is 1.60. The van der Waals surface area contributed by atoms with Crippen molar-refractivity contribution in [2.24, 2.45) is 0 Å². The Hall–Kier alpha value is -0.620.